The zero-order chi connectivity index (χ0) is 22.1. The first-order valence-electron chi connectivity index (χ1n) is 10.5. The fourth-order valence-electron chi connectivity index (χ4n) is 4.15. The number of amidine groups is 1. The maximum atomic E-state index is 13.5. The molecule has 3 heterocycles. The summed E-state index contributed by atoms with van der Waals surface area (Å²) >= 11 is 0. The summed E-state index contributed by atoms with van der Waals surface area (Å²) in [7, 11) is 1.65. The first-order valence-corrected chi connectivity index (χ1v) is 10.5. The summed E-state index contributed by atoms with van der Waals surface area (Å²) < 4.78 is 21.0. The van der Waals surface area contributed by atoms with Gasteiger partial charge in [-0.3, -0.25) is 0 Å². The molecule has 0 radical (unpaired) electrons. The van der Waals surface area contributed by atoms with Crippen LogP contribution in [0, 0.1) is 12.7 Å². The average Bonchev–Trinajstić information content (AvgIpc) is 3.42. The molecular formula is C24H24FN5O2. The minimum atomic E-state index is -0.771. The van der Waals surface area contributed by atoms with Crippen molar-refractivity contribution in [1.82, 2.24) is 20.0 Å². The number of oxime groups is 1. The Hall–Kier alpha value is -3.65. The fourth-order valence-corrected chi connectivity index (χ4v) is 4.15. The second-order valence-electron chi connectivity index (χ2n) is 7.87. The van der Waals surface area contributed by atoms with E-state index in [2.05, 4.69) is 15.6 Å². The van der Waals surface area contributed by atoms with E-state index in [1.54, 1.807) is 25.6 Å². The number of benzene rings is 2. The summed E-state index contributed by atoms with van der Waals surface area (Å²) in [6.07, 6.45) is 9.26. The molecule has 7 nitrogen and oxygen atoms in total. The second kappa shape index (κ2) is 8.12. The minimum Gasteiger partial charge on any atom is -0.495 e. The molecule has 2 aromatic carbocycles. The Morgan fingerprint density at radius 2 is 2.03 bits per heavy atom. The molecule has 0 aliphatic carbocycles. The maximum absolute atomic E-state index is 13.5. The van der Waals surface area contributed by atoms with Gasteiger partial charge in [0.15, 0.2) is 5.84 Å². The summed E-state index contributed by atoms with van der Waals surface area (Å²) in [5, 5.41) is 6.26. The summed E-state index contributed by atoms with van der Waals surface area (Å²) in [6, 6.07) is 12.4. The highest BCUT2D eigenvalue weighted by Crippen LogP contribution is 2.40. The second-order valence-corrected chi connectivity index (χ2v) is 7.87. The molecule has 1 N–H and O–H groups in total. The third-order valence-electron chi connectivity index (χ3n) is 5.76. The topological polar surface area (TPSA) is 63.9 Å². The van der Waals surface area contributed by atoms with Crippen LogP contribution < -0.4 is 10.2 Å². The molecule has 2 aliphatic heterocycles. The monoisotopic (exact) mass is 433 g/mol. The highest BCUT2D eigenvalue weighted by Gasteiger charge is 2.49. The van der Waals surface area contributed by atoms with Crippen LogP contribution in [0.1, 0.15) is 29.7 Å². The van der Waals surface area contributed by atoms with Crippen LogP contribution in [0.2, 0.25) is 0 Å². The van der Waals surface area contributed by atoms with Crippen molar-refractivity contribution in [2.45, 2.75) is 25.5 Å². The van der Waals surface area contributed by atoms with Crippen molar-refractivity contribution in [2.24, 2.45) is 5.16 Å². The molecule has 1 fully saturated rings. The van der Waals surface area contributed by atoms with E-state index in [1.807, 2.05) is 53.0 Å². The molecule has 2 aliphatic rings. The largest absolute Gasteiger partial charge is 0.495 e. The average molecular weight is 433 g/mol. The molecule has 1 atom stereocenters. The Balaban J connectivity index is 1.40. The number of hydrazine groups is 1. The standard InChI is InChI=1S/C24H24FN5O2/c1-17-15-29(16-26-17)21-10-4-18(14-22(21)31-2)5-11-23-28-32-24(12-3-13-27-30(23)24)19-6-8-20(25)9-7-19/h4-11,14-16,27H,3,12-13H2,1-2H3. The van der Waals surface area contributed by atoms with Crippen molar-refractivity contribution in [3.05, 3.63) is 83.7 Å². The molecule has 1 saturated heterocycles. The summed E-state index contributed by atoms with van der Waals surface area (Å²) in [4.78, 5) is 10.2. The molecule has 1 aromatic heterocycles. The zero-order valence-corrected chi connectivity index (χ0v) is 18.0. The van der Waals surface area contributed by atoms with E-state index in [0.29, 0.717) is 5.84 Å². The zero-order valence-electron chi connectivity index (χ0n) is 18.0. The predicted molar refractivity (Wildman–Crippen MR) is 120 cm³/mol. The van der Waals surface area contributed by atoms with Gasteiger partial charge < -0.3 is 14.1 Å². The Morgan fingerprint density at radius 1 is 1.19 bits per heavy atom. The molecule has 5 rings (SSSR count). The number of imidazole rings is 1. The Labute approximate surface area is 185 Å². The third kappa shape index (κ3) is 3.52. The van der Waals surface area contributed by atoms with Gasteiger partial charge in [0.2, 0.25) is 5.72 Å². The fraction of sp³-hybridized carbons (Fsp3) is 0.250. The van der Waals surface area contributed by atoms with E-state index in [-0.39, 0.29) is 5.82 Å². The van der Waals surface area contributed by atoms with Crippen LogP contribution >= 0.6 is 0 Å². The van der Waals surface area contributed by atoms with E-state index >= 15 is 0 Å². The molecule has 8 heteroatoms. The Bertz CT molecular complexity index is 1190. The Morgan fingerprint density at radius 3 is 2.78 bits per heavy atom. The SMILES string of the molecule is COc1cc(C=CC2=NOC3(c4ccc(F)cc4)CCCNN23)ccc1-n1cnc(C)c1. The highest BCUT2D eigenvalue weighted by atomic mass is 19.1. The van der Waals surface area contributed by atoms with Gasteiger partial charge in [0, 0.05) is 24.7 Å². The molecule has 3 aromatic rings. The van der Waals surface area contributed by atoms with E-state index in [4.69, 9.17) is 9.57 Å². The van der Waals surface area contributed by atoms with Crippen molar-refractivity contribution >= 4 is 11.9 Å². The molecule has 0 saturated carbocycles. The van der Waals surface area contributed by atoms with Gasteiger partial charge in [-0.1, -0.05) is 29.4 Å². The lowest BCUT2D eigenvalue weighted by molar-refractivity contribution is -0.144. The van der Waals surface area contributed by atoms with Crippen LogP contribution in [-0.4, -0.2) is 34.1 Å². The lowest BCUT2D eigenvalue weighted by Gasteiger charge is -2.40. The molecular weight excluding hydrogens is 409 g/mol. The first-order chi connectivity index (χ1) is 15.6. The van der Waals surface area contributed by atoms with Crippen molar-refractivity contribution in [2.75, 3.05) is 13.7 Å². The number of nitrogens with zero attached hydrogens (tertiary/aromatic N) is 4. The van der Waals surface area contributed by atoms with Crippen LogP contribution in [0.3, 0.4) is 0 Å². The van der Waals surface area contributed by atoms with Gasteiger partial charge in [0.1, 0.15) is 11.6 Å². The molecule has 1 unspecified atom stereocenters. The number of halogens is 1. The van der Waals surface area contributed by atoms with Gasteiger partial charge >= 0.3 is 0 Å². The predicted octanol–water partition coefficient (Wildman–Crippen LogP) is 4.14. The van der Waals surface area contributed by atoms with Crippen LogP contribution in [0.25, 0.3) is 11.8 Å². The number of fused-ring (bicyclic) bond motifs is 1. The highest BCUT2D eigenvalue weighted by molar-refractivity contribution is 5.97. The normalized spacial score (nSPS) is 20.2. The number of ether oxygens (including phenoxy) is 1. The molecule has 164 valence electrons. The van der Waals surface area contributed by atoms with Crippen molar-refractivity contribution in [1.29, 1.82) is 0 Å². The lowest BCUT2D eigenvalue weighted by atomic mass is 9.95. The van der Waals surface area contributed by atoms with E-state index in [1.165, 1.54) is 12.1 Å². The molecule has 0 bridgehead atoms. The number of aromatic nitrogens is 2. The number of aryl methyl sites for hydroxylation is 1. The van der Waals surface area contributed by atoms with Crippen molar-refractivity contribution < 1.29 is 14.0 Å². The lowest BCUT2D eigenvalue weighted by Crippen LogP contribution is -2.56. The van der Waals surface area contributed by atoms with E-state index in [0.717, 1.165) is 47.6 Å². The van der Waals surface area contributed by atoms with E-state index in [9.17, 15) is 4.39 Å². The van der Waals surface area contributed by atoms with Gasteiger partial charge in [-0.25, -0.2) is 19.8 Å². The van der Waals surface area contributed by atoms with Crippen LogP contribution in [0.15, 0.2) is 66.2 Å². The van der Waals surface area contributed by atoms with E-state index < -0.39 is 5.72 Å². The summed E-state index contributed by atoms with van der Waals surface area (Å²) in [5.74, 6) is 1.12. The van der Waals surface area contributed by atoms with Gasteiger partial charge in [-0.05, 0) is 49.2 Å². The first kappa shape index (κ1) is 20.3. The smallest absolute Gasteiger partial charge is 0.250 e. The molecule has 32 heavy (non-hydrogen) atoms. The number of methoxy groups -OCH3 is 1. The minimum absolute atomic E-state index is 0.275. The maximum Gasteiger partial charge on any atom is 0.250 e. The number of rotatable bonds is 5. The van der Waals surface area contributed by atoms with Crippen LogP contribution in [-0.2, 0) is 10.6 Å². The van der Waals surface area contributed by atoms with Gasteiger partial charge in [-0.15, -0.1) is 0 Å². The quantitative estimate of drug-likeness (QED) is 0.655. The van der Waals surface area contributed by atoms with Gasteiger partial charge in [0.05, 0.1) is 24.8 Å². The van der Waals surface area contributed by atoms with Gasteiger partial charge in [-0.2, -0.15) is 0 Å². The van der Waals surface area contributed by atoms with Crippen LogP contribution in [0.4, 0.5) is 4.39 Å². The Kier molecular flexibility index (Phi) is 5.14. The molecule has 0 amide bonds. The van der Waals surface area contributed by atoms with Gasteiger partial charge in [0.25, 0.3) is 0 Å². The number of hydrogen-bond acceptors (Lipinski definition) is 6. The third-order valence-corrected chi connectivity index (χ3v) is 5.76. The van der Waals surface area contributed by atoms with Crippen molar-refractivity contribution in [3.63, 3.8) is 0 Å². The number of hydrogen-bond donors (Lipinski definition) is 1. The van der Waals surface area contributed by atoms with Crippen LogP contribution in [0.5, 0.6) is 5.75 Å². The summed E-state index contributed by atoms with van der Waals surface area (Å²) in [5.41, 5.74) is 6.28. The summed E-state index contributed by atoms with van der Waals surface area (Å²) in [6.45, 7) is 2.76. The van der Waals surface area contributed by atoms with Crippen molar-refractivity contribution in [3.8, 4) is 11.4 Å². The number of nitrogens with one attached hydrogen (secondary N) is 1. The molecule has 0 spiro atoms.